The Hall–Kier alpha value is -0.610. The summed E-state index contributed by atoms with van der Waals surface area (Å²) in [4.78, 5) is 10.8. The summed E-state index contributed by atoms with van der Waals surface area (Å²) in [6.45, 7) is 3.56. The Balaban J connectivity index is 3.09. The smallest absolute Gasteiger partial charge is 0.233 e. The Morgan fingerprint density at radius 2 is 2.18 bits per heavy atom. The van der Waals surface area contributed by atoms with Crippen molar-refractivity contribution in [2.45, 2.75) is 13.3 Å². The lowest BCUT2D eigenvalue weighted by molar-refractivity contribution is -0.120. The second-order valence-corrected chi connectivity index (χ2v) is 2.25. The zero-order chi connectivity index (χ0) is 8.53. The molecule has 0 rings (SSSR count). The average Bonchev–Trinajstić information content (AvgIpc) is 2.01. The molecule has 0 aliphatic rings. The number of carbonyl (C=O) groups is 1. The molecule has 4 heteroatoms. The first-order valence-electron chi connectivity index (χ1n) is 3.89. The molecule has 1 amide bonds. The van der Waals surface area contributed by atoms with Gasteiger partial charge in [0.15, 0.2) is 0 Å². The summed E-state index contributed by atoms with van der Waals surface area (Å²) < 4.78 is 0. The van der Waals surface area contributed by atoms with Gasteiger partial charge in [0.05, 0.1) is 13.2 Å². The van der Waals surface area contributed by atoms with Crippen molar-refractivity contribution in [3.8, 4) is 0 Å². The fourth-order valence-electron chi connectivity index (χ4n) is 0.608. The molecule has 0 aromatic carbocycles. The fraction of sp³-hybridized carbons (Fsp3) is 0.857. The average molecular weight is 160 g/mol. The third kappa shape index (κ3) is 7.29. The molecule has 0 radical (unpaired) electrons. The van der Waals surface area contributed by atoms with Crippen molar-refractivity contribution >= 4 is 5.91 Å². The maximum atomic E-state index is 10.8. The number of aliphatic hydroxyl groups is 1. The van der Waals surface area contributed by atoms with E-state index in [4.69, 9.17) is 5.11 Å². The Labute approximate surface area is 67.0 Å². The fourth-order valence-corrected chi connectivity index (χ4v) is 0.608. The van der Waals surface area contributed by atoms with Crippen molar-refractivity contribution in [3.05, 3.63) is 0 Å². The van der Waals surface area contributed by atoms with Gasteiger partial charge >= 0.3 is 0 Å². The molecule has 0 heterocycles. The van der Waals surface area contributed by atoms with Crippen LogP contribution in [0.2, 0.25) is 0 Å². The molecule has 11 heavy (non-hydrogen) atoms. The van der Waals surface area contributed by atoms with E-state index in [0.29, 0.717) is 13.1 Å². The van der Waals surface area contributed by atoms with Gasteiger partial charge in [0.25, 0.3) is 0 Å². The molecule has 0 aromatic rings. The Morgan fingerprint density at radius 3 is 2.73 bits per heavy atom. The van der Waals surface area contributed by atoms with Crippen LogP contribution in [-0.4, -0.2) is 37.3 Å². The molecule has 0 aliphatic heterocycles. The summed E-state index contributed by atoms with van der Waals surface area (Å²) in [6, 6.07) is 0. The van der Waals surface area contributed by atoms with Crippen LogP contribution in [-0.2, 0) is 4.79 Å². The zero-order valence-electron chi connectivity index (χ0n) is 6.89. The van der Waals surface area contributed by atoms with Gasteiger partial charge in [0.1, 0.15) is 0 Å². The minimum absolute atomic E-state index is 0.0136. The van der Waals surface area contributed by atoms with Crippen molar-refractivity contribution in [3.63, 3.8) is 0 Å². The molecule has 0 atom stereocenters. The van der Waals surface area contributed by atoms with Gasteiger partial charge in [-0.15, -0.1) is 0 Å². The number of amides is 1. The van der Waals surface area contributed by atoms with E-state index in [1.807, 2.05) is 6.92 Å². The van der Waals surface area contributed by atoms with Crippen LogP contribution in [0.4, 0.5) is 0 Å². The van der Waals surface area contributed by atoms with E-state index in [2.05, 4.69) is 10.6 Å². The molecule has 0 unspecified atom stereocenters. The molecular weight excluding hydrogens is 144 g/mol. The number of aliphatic hydroxyl groups excluding tert-OH is 1. The van der Waals surface area contributed by atoms with Gasteiger partial charge in [-0.05, 0) is 6.42 Å². The minimum Gasteiger partial charge on any atom is -0.395 e. The standard InChI is InChI=1S/C7H16N2O2/c1-2-3-9-7(11)6-8-4-5-10/h8,10H,2-6H2,1H3,(H,9,11). The molecule has 0 spiro atoms. The van der Waals surface area contributed by atoms with E-state index in [1.54, 1.807) is 0 Å². The summed E-state index contributed by atoms with van der Waals surface area (Å²) in [7, 11) is 0. The number of rotatable bonds is 6. The summed E-state index contributed by atoms with van der Waals surface area (Å²) in [5, 5.41) is 13.9. The quantitative estimate of drug-likeness (QED) is 0.441. The predicted octanol–water partition coefficient (Wildman–Crippen LogP) is -0.905. The van der Waals surface area contributed by atoms with Crippen LogP contribution >= 0.6 is 0 Å². The first kappa shape index (κ1) is 10.4. The van der Waals surface area contributed by atoms with E-state index in [1.165, 1.54) is 0 Å². The highest BCUT2D eigenvalue weighted by atomic mass is 16.3. The lowest BCUT2D eigenvalue weighted by Gasteiger charge is -2.03. The highest BCUT2D eigenvalue weighted by Gasteiger charge is 1.96. The first-order chi connectivity index (χ1) is 5.31. The largest absolute Gasteiger partial charge is 0.395 e. The van der Waals surface area contributed by atoms with E-state index in [9.17, 15) is 4.79 Å². The SMILES string of the molecule is CCCNC(=O)CNCCO. The molecule has 66 valence electrons. The highest BCUT2D eigenvalue weighted by molar-refractivity contribution is 5.77. The molecule has 0 saturated heterocycles. The second kappa shape index (κ2) is 7.50. The Kier molecular flexibility index (Phi) is 7.08. The molecular formula is C7H16N2O2. The van der Waals surface area contributed by atoms with Crippen LogP contribution in [0.5, 0.6) is 0 Å². The Bertz CT molecular complexity index is 107. The van der Waals surface area contributed by atoms with Crippen molar-refractivity contribution in [2.24, 2.45) is 0 Å². The van der Waals surface area contributed by atoms with Crippen LogP contribution in [0.3, 0.4) is 0 Å². The van der Waals surface area contributed by atoms with Crippen LogP contribution in [0.1, 0.15) is 13.3 Å². The van der Waals surface area contributed by atoms with E-state index >= 15 is 0 Å². The van der Waals surface area contributed by atoms with Gasteiger partial charge in [-0.2, -0.15) is 0 Å². The van der Waals surface area contributed by atoms with Gasteiger partial charge in [0, 0.05) is 13.1 Å². The lowest BCUT2D eigenvalue weighted by Crippen LogP contribution is -2.35. The van der Waals surface area contributed by atoms with Gasteiger partial charge in [-0.1, -0.05) is 6.92 Å². The van der Waals surface area contributed by atoms with Crippen molar-refractivity contribution in [2.75, 3.05) is 26.2 Å². The molecule has 0 bridgehead atoms. The predicted molar refractivity (Wildman–Crippen MR) is 43.3 cm³/mol. The molecule has 4 nitrogen and oxygen atoms in total. The summed E-state index contributed by atoms with van der Waals surface area (Å²) >= 11 is 0. The molecule has 0 saturated carbocycles. The molecule has 0 aromatic heterocycles. The first-order valence-corrected chi connectivity index (χ1v) is 3.89. The van der Waals surface area contributed by atoms with Crippen molar-refractivity contribution < 1.29 is 9.90 Å². The number of nitrogens with one attached hydrogen (secondary N) is 2. The molecule has 0 fully saturated rings. The maximum absolute atomic E-state index is 10.8. The molecule has 3 N–H and O–H groups in total. The number of carbonyl (C=O) groups excluding carboxylic acids is 1. The number of hydrogen-bond acceptors (Lipinski definition) is 3. The van der Waals surface area contributed by atoms with Crippen LogP contribution < -0.4 is 10.6 Å². The maximum Gasteiger partial charge on any atom is 0.233 e. The monoisotopic (exact) mass is 160 g/mol. The normalized spacial score (nSPS) is 9.64. The van der Waals surface area contributed by atoms with Crippen molar-refractivity contribution in [1.82, 2.24) is 10.6 Å². The van der Waals surface area contributed by atoms with E-state index < -0.39 is 0 Å². The topological polar surface area (TPSA) is 61.4 Å². The Morgan fingerprint density at radius 1 is 1.45 bits per heavy atom. The van der Waals surface area contributed by atoms with Crippen LogP contribution in [0.25, 0.3) is 0 Å². The minimum atomic E-state index is -0.0136. The summed E-state index contributed by atoms with van der Waals surface area (Å²) in [6.07, 6.45) is 0.950. The molecule has 0 aliphatic carbocycles. The van der Waals surface area contributed by atoms with E-state index in [0.717, 1.165) is 13.0 Å². The van der Waals surface area contributed by atoms with E-state index in [-0.39, 0.29) is 12.5 Å². The summed E-state index contributed by atoms with van der Waals surface area (Å²) in [5.41, 5.74) is 0. The zero-order valence-corrected chi connectivity index (χ0v) is 6.89. The number of hydrogen-bond donors (Lipinski definition) is 3. The van der Waals surface area contributed by atoms with Gasteiger partial charge in [-0.25, -0.2) is 0 Å². The van der Waals surface area contributed by atoms with Gasteiger partial charge in [-0.3, -0.25) is 4.79 Å². The van der Waals surface area contributed by atoms with Crippen molar-refractivity contribution in [1.29, 1.82) is 0 Å². The van der Waals surface area contributed by atoms with Gasteiger partial charge < -0.3 is 15.7 Å². The highest BCUT2D eigenvalue weighted by Crippen LogP contribution is 1.70. The lowest BCUT2D eigenvalue weighted by atomic mass is 10.4. The second-order valence-electron chi connectivity index (χ2n) is 2.25. The third-order valence-corrected chi connectivity index (χ3v) is 1.15. The summed E-state index contributed by atoms with van der Waals surface area (Å²) in [5.74, 6) is -0.0136. The van der Waals surface area contributed by atoms with Gasteiger partial charge in [0.2, 0.25) is 5.91 Å². The van der Waals surface area contributed by atoms with Crippen LogP contribution in [0, 0.1) is 0 Å². The third-order valence-electron chi connectivity index (χ3n) is 1.15. The van der Waals surface area contributed by atoms with Crippen LogP contribution in [0.15, 0.2) is 0 Å².